The van der Waals surface area contributed by atoms with E-state index < -0.39 is 33.7 Å². The third-order valence-electron chi connectivity index (χ3n) is 3.27. The fourth-order valence-corrected chi connectivity index (χ4v) is 2.05. The lowest BCUT2D eigenvalue weighted by molar-refractivity contribution is -0.398. The van der Waals surface area contributed by atoms with Crippen molar-refractivity contribution in [3.05, 3.63) is 63.5 Å². The molecule has 9 heteroatoms. The predicted octanol–water partition coefficient (Wildman–Crippen LogP) is 2.36. The van der Waals surface area contributed by atoms with E-state index in [9.17, 15) is 24.4 Å². The molecule has 2 aromatic rings. The summed E-state index contributed by atoms with van der Waals surface area (Å²) in [6.07, 6.45) is 1.03. The van der Waals surface area contributed by atoms with Gasteiger partial charge in [0.15, 0.2) is 0 Å². The number of nitrogens with one attached hydrogen (secondary N) is 1. The molecule has 132 valence electrons. The third-order valence-corrected chi connectivity index (χ3v) is 3.27. The topological polar surface area (TPSA) is 128 Å². The van der Waals surface area contributed by atoms with Crippen molar-refractivity contribution in [2.24, 2.45) is 0 Å². The van der Waals surface area contributed by atoms with E-state index in [2.05, 4.69) is 5.32 Å². The SMILES string of the molecule is COc1cc(/C=C(\C#N)C(=O)Nc2ccccc2F)cc([N+](=O)[O-])c1[O-]. The molecule has 1 amide bonds. The van der Waals surface area contributed by atoms with Gasteiger partial charge in [0, 0.05) is 11.8 Å². The largest absolute Gasteiger partial charge is 0.865 e. The number of nitro groups is 1. The molecule has 26 heavy (non-hydrogen) atoms. The van der Waals surface area contributed by atoms with Crippen molar-refractivity contribution >= 4 is 23.4 Å². The van der Waals surface area contributed by atoms with Crippen LogP contribution in [0.25, 0.3) is 6.08 Å². The van der Waals surface area contributed by atoms with Crippen molar-refractivity contribution in [3.8, 4) is 17.6 Å². The van der Waals surface area contributed by atoms with E-state index in [1.54, 1.807) is 6.07 Å². The second-order valence-electron chi connectivity index (χ2n) is 4.93. The highest BCUT2D eigenvalue weighted by Crippen LogP contribution is 2.35. The van der Waals surface area contributed by atoms with Crippen molar-refractivity contribution in [2.45, 2.75) is 0 Å². The summed E-state index contributed by atoms with van der Waals surface area (Å²) in [5.41, 5.74) is -1.30. The Morgan fingerprint density at radius 2 is 2.08 bits per heavy atom. The van der Waals surface area contributed by atoms with Crippen LogP contribution in [0.1, 0.15) is 5.56 Å². The van der Waals surface area contributed by atoms with Crippen molar-refractivity contribution < 1.29 is 24.0 Å². The zero-order valence-electron chi connectivity index (χ0n) is 13.4. The minimum absolute atomic E-state index is 0.0355. The molecular formula is C17H11FN3O5-. The number of hydrogen-bond donors (Lipinski definition) is 1. The van der Waals surface area contributed by atoms with Gasteiger partial charge in [-0.1, -0.05) is 12.1 Å². The molecule has 0 aliphatic rings. The fraction of sp³-hybridized carbons (Fsp3) is 0.0588. The lowest BCUT2D eigenvalue weighted by Crippen LogP contribution is -2.14. The molecule has 0 bridgehead atoms. The van der Waals surface area contributed by atoms with Gasteiger partial charge in [0.2, 0.25) is 0 Å². The third kappa shape index (κ3) is 3.93. The molecule has 2 aromatic carbocycles. The van der Waals surface area contributed by atoms with Crippen molar-refractivity contribution in [3.63, 3.8) is 0 Å². The molecule has 0 heterocycles. The first-order valence-electron chi connectivity index (χ1n) is 7.08. The summed E-state index contributed by atoms with van der Waals surface area (Å²) in [5, 5.41) is 34.1. The Labute approximate surface area is 146 Å². The lowest BCUT2D eigenvalue weighted by atomic mass is 10.1. The number of ether oxygens (including phenoxy) is 1. The Hall–Kier alpha value is -3.93. The van der Waals surface area contributed by atoms with Gasteiger partial charge in [0.1, 0.15) is 23.2 Å². The van der Waals surface area contributed by atoms with Crippen LogP contribution in [0, 0.1) is 27.3 Å². The van der Waals surface area contributed by atoms with Crippen LogP contribution >= 0.6 is 0 Å². The molecule has 0 aliphatic carbocycles. The van der Waals surface area contributed by atoms with Gasteiger partial charge in [-0.2, -0.15) is 5.26 Å². The number of benzene rings is 2. The van der Waals surface area contributed by atoms with E-state index in [-0.39, 0.29) is 17.0 Å². The highest BCUT2D eigenvalue weighted by molar-refractivity contribution is 6.09. The normalized spacial score (nSPS) is 10.7. The number of amides is 1. The summed E-state index contributed by atoms with van der Waals surface area (Å²) in [4.78, 5) is 22.2. The van der Waals surface area contributed by atoms with Crippen LogP contribution in [0.2, 0.25) is 0 Å². The Balaban J connectivity index is 2.41. The number of nitrogens with zero attached hydrogens (tertiary/aromatic N) is 2. The number of nitro benzene ring substituents is 1. The van der Waals surface area contributed by atoms with E-state index in [1.165, 1.54) is 18.2 Å². The number of carbonyl (C=O) groups excluding carboxylic acids is 1. The smallest absolute Gasteiger partial charge is 0.266 e. The molecule has 2 rings (SSSR count). The van der Waals surface area contributed by atoms with Crippen LogP contribution in [-0.2, 0) is 4.79 Å². The molecule has 0 saturated carbocycles. The maximum atomic E-state index is 13.6. The van der Waals surface area contributed by atoms with Crippen LogP contribution in [0.5, 0.6) is 11.5 Å². The van der Waals surface area contributed by atoms with Crippen LogP contribution in [0.15, 0.2) is 42.0 Å². The molecule has 0 unspecified atom stereocenters. The van der Waals surface area contributed by atoms with Crippen molar-refractivity contribution in [2.75, 3.05) is 12.4 Å². The number of para-hydroxylation sites is 1. The summed E-state index contributed by atoms with van der Waals surface area (Å²) in [6.45, 7) is 0. The molecule has 0 aliphatic heterocycles. The number of rotatable bonds is 5. The maximum Gasteiger partial charge on any atom is 0.266 e. The standard InChI is InChI=1S/C17H12FN3O5/c1-26-15-8-10(7-14(16(15)22)21(24)25)6-11(9-19)17(23)20-13-5-3-2-4-12(13)18/h2-8,22H,1H3,(H,20,23)/p-1/b11-6+. The number of methoxy groups -OCH3 is 1. The van der Waals surface area contributed by atoms with Gasteiger partial charge >= 0.3 is 0 Å². The number of carbonyl (C=O) groups is 1. The average Bonchev–Trinajstić information content (AvgIpc) is 2.62. The average molecular weight is 356 g/mol. The van der Waals surface area contributed by atoms with E-state index in [0.717, 1.165) is 31.4 Å². The van der Waals surface area contributed by atoms with Crippen LogP contribution in [-0.4, -0.2) is 17.9 Å². The monoisotopic (exact) mass is 356 g/mol. The van der Waals surface area contributed by atoms with Crippen molar-refractivity contribution in [1.29, 1.82) is 5.26 Å². The number of anilines is 1. The number of halogens is 1. The summed E-state index contributed by atoms with van der Waals surface area (Å²) < 4.78 is 18.4. The zero-order valence-corrected chi connectivity index (χ0v) is 13.4. The van der Waals surface area contributed by atoms with Crippen LogP contribution < -0.4 is 15.2 Å². The summed E-state index contributed by atoms with van der Waals surface area (Å²) >= 11 is 0. The van der Waals surface area contributed by atoms with Crippen LogP contribution in [0.3, 0.4) is 0 Å². The highest BCUT2D eigenvalue weighted by Gasteiger charge is 2.16. The minimum Gasteiger partial charge on any atom is -0.865 e. The number of hydrogen-bond acceptors (Lipinski definition) is 6. The molecule has 0 fully saturated rings. The molecular weight excluding hydrogens is 345 g/mol. The molecule has 8 nitrogen and oxygen atoms in total. The first-order valence-corrected chi connectivity index (χ1v) is 7.08. The summed E-state index contributed by atoms with van der Waals surface area (Å²) in [5.74, 6) is -2.84. The number of nitriles is 1. The highest BCUT2D eigenvalue weighted by atomic mass is 19.1. The molecule has 0 saturated heterocycles. The van der Waals surface area contributed by atoms with Gasteiger partial charge in [0.05, 0.1) is 17.7 Å². The maximum absolute atomic E-state index is 13.6. The van der Waals surface area contributed by atoms with Gasteiger partial charge in [-0.05, 0) is 29.8 Å². The Kier molecular flexibility index (Phi) is 5.49. The Morgan fingerprint density at radius 1 is 1.38 bits per heavy atom. The van der Waals surface area contributed by atoms with E-state index in [1.807, 2.05) is 0 Å². The van der Waals surface area contributed by atoms with Gasteiger partial charge in [-0.15, -0.1) is 0 Å². The Bertz CT molecular complexity index is 950. The minimum atomic E-state index is -0.927. The van der Waals surface area contributed by atoms with Gasteiger partial charge in [-0.3, -0.25) is 14.9 Å². The second kappa shape index (κ2) is 7.76. The molecule has 0 aromatic heterocycles. The molecule has 0 radical (unpaired) electrons. The summed E-state index contributed by atoms with van der Waals surface area (Å²) in [7, 11) is 1.16. The van der Waals surface area contributed by atoms with Crippen LogP contribution in [0.4, 0.5) is 15.8 Å². The first kappa shape index (κ1) is 18.4. The van der Waals surface area contributed by atoms with Crippen molar-refractivity contribution in [1.82, 2.24) is 0 Å². The van der Waals surface area contributed by atoms with Gasteiger partial charge < -0.3 is 15.2 Å². The van der Waals surface area contributed by atoms with Gasteiger partial charge in [0.25, 0.3) is 11.6 Å². The quantitative estimate of drug-likeness (QED) is 0.379. The Morgan fingerprint density at radius 3 is 2.65 bits per heavy atom. The molecule has 0 atom stereocenters. The van der Waals surface area contributed by atoms with E-state index in [4.69, 9.17) is 10.00 Å². The zero-order chi connectivity index (χ0) is 19.3. The second-order valence-corrected chi connectivity index (χ2v) is 4.93. The van der Waals surface area contributed by atoms with E-state index in [0.29, 0.717) is 0 Å². The predicted molar refractivity (Wildman–Crippen MR) is 87.7 cm³/mol. The van der Waals surface area contributed by atoms with Gasteiger partial charge in [-0.25, -0.2) is 4.39 Å². The molecule has 0 spiro atoms. The lowest BCUT2D eigenvalue weighted by Gasteiger charge is -2.13. The van der Waals surface area contributed by atoms with E-state index >= 15 is 0 Å². The first-order chi connectivity index (χ1) is 12.4. The summed E-state index contributed by atoms with van der Waals surface area (Å²) in [6, 6.07) is 9.07. The molecule has 1 N–H and O–H groups in total. The fourth-order valence-electron chi connectivity index (χ4n) is 2.05.